The summed E-state index contributed by atoms with van der Waals surface area (Å²) in [6, 6.07) is 3.80. The molecule has 0 aliphatic carbocycles. The van der Waals surface area contributed by atoms with E-state index in [2.05, 4.69) is 17.2 Å². The van der Waals surface area contributed by atoms with E-state index in [0.29, 0.717) is 12.2 Å². The molecule has 1 aliphatic heterocycles. The zero-order valence-corrected chi connectivity index (χ0v) is 13.2. The maximum absolute atomic E-state index is 12.8. The van der Waals surface area contributed by atoms with Crippen LogP contribution in [-0.4, -0.2) is 32.3 Å². The van der Waals surface area contributed by atoms with Gasteiger partial charge >= 0.3 is 0 Å². The fourth-order valence-electron chi connectivity index (χ4n) is 3.08. The monoisotopic (exact) mass is 302 g/mol. The summed E-state index contributed by atoms with van der Waals surface area (Å²) in [4.78, 5) is 14.7. The standard InChI is InChI=1S/C16H22N4O2/c1-3-6-12-11-13(18-22-12)14-7-5-10-19(14)16(21)15-8-9-17-20(15)4-2/h8-9,11,14H,3-7,10H2,1-2H3/t14-/m0/s1. The lowest BCUT2D eigenvalue weighted by molar-refractivity contribution is 0.0718. The number of likely N-dealkylation sites (tertiary alicyclic amines) is 1. The Balaban J connectivity index is 1.81. The van der Waals surface area contributed by atoms with Crippen LogP contribution in [0.15, 0.2) is 22.9 Å². The van der Waals surface area contributed by atoms with Crippen LogP contribution in [0.5, 0.6) is 0 Å². The molecule has 3 heterocycles. The van der Waals surface area contributed by atoms with Crippen molar-refractivity contribution in [1.29, 1.82) is 0 Å². The fourth-order valence-corrected chi connectivity index (χ4v) is 3.08. The molecule has 2 aromatic rings. The minimum absolute atomic E-state index is 0.0158. The summed E-state index contributed by atoms with van der Waals surface area (Å²) < 4.78 is 7.11. The molecule has 1 aliphatic rings. The third-order valence-electron chi connectivity index (χ3n) is 4.16. The van der Waals surface area contributed by atoms with Crippen LogP contribution in [0.2, 0.25) is 0 Å². The first-order valence-corrected chi connectivity index (χ1v) is 8.02. The first-order valence-electron chi connectivity index (χ1n) is 8.02. The lowest BCUT2D eigenvalue weighted by atomic mass is 10.1. The van der Waals surface area contributed by atoms with E-state index in [9.17, 15) is 4.79 Å². The smallest absolute Gasteiger partial charge is 0.272 e. The molecule has 0 saturated carbocycles. The van der Waals surface area contributed by atoms with Gasteiger partial charge in [0.15, 0.2) is 0 Å². The number of amides is 1. The van der Waals surface area contributed by atoms with Crippen molar-refractivity contribution in [2.45, 2.75) is 52.1 Å². The van der Waals surface area contributed by atoms with E-state index >= 15 is 0 Å². The van der Waals surface area contributed by atoms with Crippen molar-refractivity contribution in [2.24, 2.45) is 0 Å². The van der Waals surface area contributed by atoms with Gasteiger partial charge in [0.05, 0.1) is 6.04 Å². The van der Waals surface area contributed by atoms with Gasteiger partial charge in [-0.15, -0.1) is 0 Å². The largest absolute Gasteiger partial charge is 0.361 e. The average Bonchev–Trinajstić information content (AvgIpc) is 3.25. The van der Waals surface area contributed by atoms with E-state index in [1.807, 2.05) is 17.9 Å². The second-order valence-electron chi connectivity index (χ2n) is 5.66. The highest BCUT2D eigenvalue weighted by Crippen LogP contribution is 2.32. The predicted molar refractivity (Wildman–Crippen MR) is 81.4 cm³/mol. The van der Waals surface area contributed by atoms with Crippen molar-refractivity contribution in [2.75, 3.05) is 6.54 Å². The Hall–Kier alpha value is -2.11. The van der Waals surface area contributed by atoms with Gasteiger partial charge in [0.1, 0.15) is 17.1 Å². The van der Waals surface area contributed by atoms with Gasteiger partial charge in [-0.3, -0.25) is 9.48 Å². The Labute approximate surface area is 130 Å². The van der Waals surface area contributed by atoms with Crippen LogP contribution >= 0.6 is 0 Å². The summed E-state index contributed by atoms with van der Waals surface area (Å²) in [7, 11) is 0. The first-order chi connectivity index (χ1) is 10.7. The van der Waals surface area contributed by atoms with Crippen LogP contribution in [0.3, 0.4) is 0 Å². The summed E-state index contributed by atoms with van der Waals surface area (Å²) in [5.41, 5.74) is 1.52. The Morgan fingerprint density at radius 1 is 1.45 bits per heavy atom. The van der Waals surface area contributed by atoms with Crippen LogP contribution < -0.4 is 0 Å². The molecule has 0 bridgehead atoms. The molecule has 0 spiro atoms. The predicted octanol–water partition coefficient (Wildman–Crippen LogP) is 2.82. The van der Waals surface area contributed by atoms with Crippen LogP contribution in [0.1, 0.15) is 61.1 Å². The molecule has 0 N–H and O–H groups in total. The Bertz CT molecular complexity index is 646. The Morgan fingerprint density at radius 3 is 3.09 bits per heavy atom. The normalized spacial score (nSPS) is 18.1. The molecule has 22 heavy (non-hydrogen) atoms. The Morgan fingerprint density at radius 2 is 2.32 bits per heavy atom. The highest BCUT2D eigenvalue weighted by molar-refractivity contribution is 5.93. The highest BCUT2D eigenvalue weighted by atomic mass is 16.5. The second kappa shape index (κ2) is 6.34. The number of nitrogens with zero attached hydrogens (tertiary/aromatic N) is 4. The van der Waals surface area contributed by atoms with Gasteiger partial charge in [0.25, 0.3) is 5.91 Å². The SMILES string of the molecule is CCCc1cc([C@@H]2CCCN2C(=O)c2ccnn2CC)no1. The third-order valence-corrected chi connectivity index (χ3v) is 4.16. The lowest BCUT2D eigenvalue weighted by Crippen LogP contribution is -2.32. The number of hydrogen-bond acceptors (Lipinski definition) is 4. The molecule has 6 nitrogen and oxygen atoms in total. The van der Waals surface area contributed by atoms with E-state index in [1.165, 1.54) is 0 Å². The third kappa shape index (κ3) is 2.65. The molecule has 1 saturated heterocycles. The van der Waals surface area contributed by atoms with Gasteiger partial charge < -0.3 is 9.42 Å². The fraction of sp³-hybridized carbons (Fsp3) is 0.562. The summed E-state index contributed by atoms with van der Waals surface area (Å²) in [5, 5.41) is 8.37. The van der Waals surface area contributed by atoms with Crippen molar-refractivity contribution >= 4 is 5.91 Å². The minimum Gasteiger partial charge on any atom is -0.361 e. The lowest BCUT2D eigenvalue weighted by Gasteiger charge is -2.23. The van der Waals surface area contributed by atoms with Gasteiger partial charge in [-0.05, 0) is 32.3 Å². The van der Waals surface area contributed by atoms with Crippen molar-refractivity contribution in [3.05, 3.63) is 35.5 Å². The van der Waals surface area contributed by atoms with Crippen LogP contribution in [0.25, 0.3) is 0 Å². The summed E-state index contributed by atoms with van der Waals surface area (Å²) in [6.45, 7) is 5.55. The summed E-state index contributed by atoms with van der Waals surface area (Å²) in [6.07, 6.45) is 5.52. The first kappa shape index (κ1) is 14.8. The van der Waals surface area contributed by atoms with E-state index in [4.69, 9.17) is 4.52 Å². The summed E-state index contributed by atoms with van der Waals surface area (Å²) >= 11 is 0. The molecular weight excluding hydrogens is 280 g/mol. The molecule has 3 rings (SSSR count). The van der Waals surface area contributed by atoms with Crippen molar-refractivity contribution in [1.82, 2.24) is 19.8 Å². The molecule has 1 amide bonds. The van der Waals surface area contributed by atoms with E-state index < -0.39 is 0 Å². The maximum Gasteiger partial charge on any atom is 0.272 e. The zero-order chi connectivity index (χ0) is 15.5. The number of hydrogen-bond donors (Lipinski definition) is 0. The number of rotatable bonds is 5. The number of carbonyl (C=O) groups excluding carboxylic acids is 1. The molecule has 0 unspecified atom stereocenters. The van der Waals surface area contributed by atoms with E-state index in [-0.39, 0.29) is 11.9 Å². The van der Waals surface area contributed by atoms with Crippen LogP contribution in [0.4, 0.5) is 0 Å². The molecule has 2 aromatic heterocycles. The molecule has 118 valence electrons. The molecular formula is C16H22N4O2. The highest BCUT2D eigenvalue weighted by Gasteiger charge is 2.33. The van der Waals surface area contributed by atoms with Gasteiger partial charge in [-0.2, -0.15) is 5.10 Å². The Kier molecular flexibility index (Phi) is 4.27. The summed E-state index contributed by atoms with van der Waals surface area (Å²) in [5.74, 6) is 0.928. The van der Waals surface area contributed by atoms with E-state index in [0.717, 1.165) is 43.7 Å². The van der Waals surface area contributed by atoms with Crippen molar-refractivity contribution in [3.63, 3.8) is 0 Å². The zero-order valence-electron chi connectivity index (χ0n) is 13.2. The van der Waals surface area contributed by atoms with Crippen molar-refractivity contribution < 1.29 is 9.32 Å². The molecule has 6 heteroatoms. The quantitative estimate of drug-likeness (QED) is 0.852. The van der Waals surface area contributed by atoms with Crippen LogP contribution in [-0.2, 0) is 13.0 Å². The number of aryl methyl sites for hydroxylation is 2. The molecule has 1 fully saturated rings. The molecule has 0 aromatic carbocycles. The molecule has 1 atom stereocenters. The number of aromatic nitrogens is 3. The van der Waals surface area contributed by atoms with Crippen LogP contribution in [0, 0.1) is 0 Å². The van der Waals surface area contributed by atoms with Gasteiger partial charge in [0, 0.05) is 31.8 Å². The van der Waals surface area contributed by atoms with E-state index in [1.54, 1.807) is 16.9 Å². The molecule has 0 radical (unpaired) electrons. The van der Waals surface area contributed by atoms with Crippen molar-refractivity contribution in [3.8, 4) is 0 Å². The number of carbonyl (C=O) groups is 1. The van der Waals surface area contributed by atoms with Gasteiger partial charge in [-0.1, -0.05) is 12.1 Å². The average molecular weight is 302 g/mol. The second-order valence-corrected chi connectivity index (χ2v) is 5.66. The minimum atomic E-state index is 0.0158. The van der Waals surface area contributed by atoms with Gasteiger partial charge in [0.2, 0.25) is 0 Å². The van der Waals surface area contributed by atoms with Gasteiger partial charge in [-0.25, -0.2) is 0 Å². The topological polar surface area (TPSA) is 64.2 Å². The maximum atomic E-state index is 12.8.